The first kappa shape index (κ1) is 10.7. The van der Waals surface area contributed by atoms with Crippen molar-refractivity contribution in [3.05, 3.63) is 17.5 Å². The van der Waals surface area contributed by atoms with E-state index in [0.717, 1.165) is 0 Å². The van der Waals surface area contributed by atoms with E-state index in [-0.39, 0.29) is 0 Å². The third kappa shape index (κ3) is 1.82. The van der Waals surface area contributed by atoms with Gasteiger partial charge in [0.1, 0.15) is 0 Å². The molecule has 1 aliphatic rings. The first-order valence-electron chi connectivity index (χ1n) is 5.97. The van der Waals surface area contributed by atoms with Crippen LogP contribution in [0.4, 0.5) is 0 Å². The number of hydrogen-bond acceptors (Lipinski definition) is 1. The predicted molar refractivity (Wildman–Crippen MR) is 63.1 cm³/mol. The highest BCUT2D eigenvalue weighted by Gasteiger charge is 2.32. The minimum absolute atomic E-state index is 0.430. The van der Waals surface area contributed by atoms with Crippen LogP contribution >= 0.6 is 0 Å². The van der Waals surface area contributed by atoms with E-state index in [1.807, 2.05) is 0 Å². The summed E-state index contributed by atoms with van der Waals surface area (Å²) in [6, 6.07) is 0.481. The van der Waals surface area contributed by atoms with Crippen LogP contribution < -0.4 is 0 Å². The fourth-order valence-electron chi connectivity index (χ4n) is 2.90. The van der Waals surface area contributed by atoms with E-state index in [1.54, 1.807) is 0 Å². The van der Waals surface area contributed by atoms with Crippen LogP contribution in [0, 0.1) is 5.41 Å². The molecule has 0 aliphatic heterocycles. The van der Waals surface area contributed by atoms with Crippen molar-refractivity contribution >= 4 is 0 Å². The molecule has 0 fully saturated rings. The minimum atomic E-state index is 0.430. The monoisotopic (exact) mass is 206 g/mol. The van der Waals surface area contributed by atoms with E-state index in [4.69, 9.17) is 0 Å². The maximum Gasteiger partial charge on any atom is 0.0527 e. The van der Waals surface area contributed by atoms with Gasteiger partial charge in [0.2, 0.25) is 0 Å². The quantitative estimate of drug-likeness (QED) is 0.687. The second kappa shape index (κ2) is 3.36. The van der Waals surface area contributed by atoms with Crippen molar-refractivity contribution in [3.63, 3.8) is 0 Å². The van der Waals surface area contributed by atoms with Crippen molar-refractivity contribution in [2.24, 2.45) is 5.41 Å². The van der Waals surface area contributed by atoms with Crippen LogP contribution in [0.5, 0.6) is 0 Å². The van der Waals surface area contributed by atoms with Crippen molar-refractivity contribution in [3.8, 4) is 0 Å². The molecule has 0 N–H and O–H groups in total. The van der Waals surface area contributed by atoms with Crippen LogP contribution in [-0.2, 0) is 6.42 Å². The van der Waals surface area contributed by atoms with Gasteiger partial charge in [0.15, 0.2) is 0 Å². The average Bonchev–Trinajstić information content (AvgIpc) is 2.45. The van der Waals surface area contributed by atoms with Gasteiger partial charge in [-0.05, 0) is 43.6 Å². The highest BCUT2D eigenvalue weighted by molar-refractivity contribution is 5.27. The van der Waals surface area contributed by atoms with Crippen LogP contribution in [0.25, 0.3) is 0 Å². The highest BCUT2D eigenvalue weighted by atomic mass is 15.3. The predicted octanol–water partition coefficient (Wildman–Crippen LogP) is 3.54. The highest BCUT2D eigenvalue weighted by Crippen LogP contribution is 2.42. The average molecular weight is 206 g/mol. The second-order valence-electron chi connectivity index (χ2n) is 6.03. The summed E-state index contributed by atoms with van der Waals surface area (Å²) in [5, 5.41) is 4.53. The summed E-state index contributed by atoms with van der Waals surface area (Å²) >= 11 is 0. The third-order valence-electron chi connectivity index (χ3n) is 3.46. The molecule has 0 amide bonds. The Kier molecular flexibility index (Phi) is 2.40. The molecule has 1 aromatic heterocycles. The zero-order chi connectivity index (χ0) is 11.2. The van der Waals surface area contributed by atoms with Gasteiger partial charge < -0.3 is 0 Å². The SMILES string of the molecule is CC(C)n1ncc2c1CC(C)(C)C[C@H]2C. The summed E-state index contributed by atoms with van der Waals surface area (Å²) in [4.78, 5) is 0. The fourth-order valence-corrected chi connectivity index (χ4v) is 2.90. The van der Waals surface area contributed by atoms with Crippen LogP contribution in [-0.4, -0.2) is 9.78 Å². The van der Waals surface area contributed by atoms with E-state index in [0.29, 0.717) is 17.4 Å². The molecular weight excluding hydrogens is 184 g/mol. The summed E-state index contributed by atoms with van der Waals surface area (Å²) in [5.74, 6) is 0.663. The smallest absolute Gasteiger partial charge is 0.0527 e. The van der Waals surface area contributed by atoms with Crippen molar-refractivity contribution in [1.82, 2.24) is 9.78 Å². The van der Waals surface area contributed by atoms with Gasteiger partial charge in [0.25, 0.3) is 0 Å². The molecule has 2 rings (SSSR count). The van der Waals surface area contributed by atoms with Crippen LogP contribution in [0.3, 0.4) is 0 Å². The van der Waals surface area contributed by atoms with Gasteiger partial charge in [-0.25, -0.2) is 0 Å². The maximum atomic E-state index is 4.53. The van der Waals surface area contributed by atoms with E-state index in [2.05, 4.69) is 50.6 Å². The maximum absolute atomic E-state index is 4.53. The molecule has 1 aliphatic carbocycles. The molecule has 84 valence electrons. The van der Waals surface area contributed by atoms with Gasteiger partial charge in [-0.3, -0.25) is 4.68 Å². The molecule has 0 aromatic carbocycles. The topological polar surface area (TPSA) is 17.8 Å². The molecule has 0 radical (unpaired) electrons. The van der Waals surface area contributed by atoms with E-state index < -0.39 is 0 Å². The molecule has 0 saturated heterocycles. The molecule has 15 heavy (non-hydrogen) atoms. The van der Waals surface area contributed by atoms with Gasteiger partial charge >= 0.3 is 0 Å². The summed E-state index contributed by atoms with van der Waals surface area (Å²) in [6.45, 7) is 11.5. The van der Waals surface area contributed by atoms with Crippen molar-refractivity contribution in [2.75, 3.05) is 0 Å². The van der Waals surface area contributed by atoms with Gasteiger partial charge in [-0.2, -0.15) is 5.10 Å². The Morgan fingerprint density at radius 2 is 2.13 bits per heavy atom. The first-order valence-corrected chi connectivity index (χ1v) is 5.97. The zero-order valence-corrected chi connectivity index (χ0v) is 10.5. The lowest BCUT2D eigenvalue weighted by Crippen LogP contribution is -2.26. The lowest BCUT2D eigenvalue weighted by molar-refractivity contribution is 0.276. The number of rotatable bonds is 1. The molecule has 1 atom stereocenters. The van der Waals surface area contributed by atoms with Crippen molar-refractivity contribution in [2.45, 2.75) is 59.4 Å². The molecule has 2 nitrogen and oxygen atoms in total. The van der Waals surface area contributed by atoms with Crippen molar-refractivity contribution < 1.29 is 0 Å². The molecule has 0 bridgehead atoms. The fraction of sp³-hybridized carbons (Fsp3) is 0.769. The molecule has 1 heterocycles. The lowest BCUT2D eigenvalue weighted by atomic mass is 9.72. The van der Waals surface area contributed by atoms with E-state index in [1.165, 1.54) is 24.1 Å². The molecule has 1 aromatic rings. The molecule has 0 spiro atoms. The van der Waals surface area contributed by atoms with Gasteiger partial charge in [0, 0.05) is 11.7 Å². The number of fused-ring (bicyclic) bond motifs is 1. The molecule has 0 unspecified atom stereocenters. The Balaban J connectivity index is 2.45. The Labute approximate surface area is 92.7 Å². The van der Waals surface area contributed by atoms with E-state index >= 15 is 0 Å². The summed E-state index contributed by atoms with van der Waals surface area (Å²) in [5.41, 5.74) is 3.37. The number of aromatic nitrogens is 2. The minimum Gasteiger partial charge on any atom is -0.267 e. The Hall–Kier alpha value is -0.790. The summed E-state index contributed by atoms with van der Waals surface area (Å²) in [7, 11) is 0. The lowest BCUT2D eigenvalue weighted by Gasteiger charge is -2.34. The molecular formula is C13H22N2. The van der Waals surface area contributed by atoms with E-state index in [9.17, 15) is 0 Å². The van der Waals surface area contributed by atoms with Crippen LogP contribution in [0.2, 0.25) is 0 Å². The molecule has 2 heteroatoms. The Bertz CT molecular complexity index is 347. The van der Waals surface area contributed by atoms with Gasteiger partial charge in [-0.1, -0.05) is 20.8 Å². The number of hydrogen-bond donors (Lipinski definition) is 0. The van der Waals surface area contributed by atoms with Gasteiger partial charge in [-0.15, -0.1) is 0 Å². The number of nitrogens with zero attached hydrogens (tertiary/aromatic N) is 2. The Morgan fingerprint density at radius 1 is 1.47 bits per heavy atom. The first-order chi connectivity index (χ1) is 6.91. The standard InChI is InChI=1S/C13H22N2/c1-9(2)15-12-7-13(4,5)6-10(3)11(12)8-14-15/h8-10H,6-7H2,1-5H3/t10-/m1/s1. The van der Waals surface area contributed by atoms with Gasteiger partial charge in [0.05, 0.1) is 6.20 Å². The molecule has 0 saturated carbocycles. The largest absolute Gasteiger partial charge is 0.267 e. The zero-order valence-electron chi connectivity index (χ0n) is 10.5. The van der Waals surface area contributed by atoms with Crippen molar-refractivity contribution in [1.29, 1.82) is 0 Å². The van der Waals surface area contributed by atoms with Crippen LogP contribution in [0.1, 0.15) is 64.3 Å². The van der Waals surface area contributed by atoms with Crippen LogP contribution in [0.15, 0.2) is 6.20 Å². The third-order valence-corrected chi connectivity index (χ3v) is 3.46. The normalized spacial score (nSPS) is 24.3. The Morgan fingerprint density at radius 3 is 2.73 bits per heavy atom. The second-order valence-corrected chi connectivity index (χ2v) is 6.03. The summed E-state index contributed by atoms with van der Waals surface area (Å²) < 4.78 is 2.20. The summed E-state index contributed by atoms with van der Waals surface area (Å²) in [6.07, 6.45) is 4.53.